The second-order valence-corrected chi connectivity index (χ2v) is 3.37. The largest absolute Gasteiger partial charge is 0.352 e. The van der Waals surface area contributed by atoms with Crippen LogP contribution >= 0.6 is 0 Å². The molecule has 1 fully saturated rings. The van der Waals surface area contributed by atoms with Gasteiger partial charge in [0.2, 0.25) is 0 Å². The van der Waals surface area contributed by atoms with Crippen molar-refractivity contribution >= 4 is 6.03 Å². The van der Waals surface area contributed by atoms with E-state index in [4.69, 9.17) is 5.73 Å². The average Bonchev–Trinajstić information content (AvgIpc) is 2.84. The Kier molecular flexibility index (Phi) is 1.93. The van der Waals surface area contributed by atoms with Gasteiger partial charge in [-0.3, -0.25) is 0 Å². The molecule has 0 aromatic heterocycles. The molecule has 1 saturated carbocycles. The first-order valence-corrected chi connectivity index (χ1v) is 4.38. The minimum Gasteiger partial charge on any atom is -0.352 e. The number of carbonyl (C=O) groups excluding carboxylic acids is 1. The second-order valence-electron chi connectivity index (χ2n) is 3.37. The quantitative estimate of drug-likeness (QED) is 0.699. The summed E-state index contributed by atoms with van der Waals surface area (Å²) in [5.41, 5.74) is 6.30. The van der Waals surface area contributed by atoms with Crippen molar-refractivity contribution in [2.45, 2.75) is 18.4 Å². The predicted octanol–water partition coefficient (Wildman–Crippen LogP) is 1.21. The Morgan fingerprint density at radius 2 is 2.08 bits per heavy atom. The molecule has 0 saturated heterocycles. The molecule has 68 valence electrons. The summed E-state index contributed by atoms with van der Waals surface area (Å²) in [6, 6.07) is 9.98. The van der Waals surface area contributed by atoms with Crippen LogP contribution in [-0.2, 0) is 0 Å². The Balaban J connectivity index is 1.97. The number of primary amides is 1. The first-order valence-electron chi connectivity index (χ1n) is 4.38. The van der Waals surface area contributed by atoms with Crippen molar-refractivity contribution in [3.05, 3.63) is 35.9 Å². The van der Waals surface area contributed by atoms with E-state index in [9.17, 15) is 4.79 Å². The fourth-order valence-corrected chi connectivity index (χ4v) is 1.61. The monoisotopic (exact) mass is 176 g/mol. The number of nitrogens with two attached hydrogens (primary N) is 1. The summed E-state index contributed by atoms with van der Waals surface area (Å²) in [7, 11) is 0. The number of hydrogen-bond donors (Lipinski definition) is 2. The highest BCUT2D eigenvalue weighted by atomic mass is 16.2. The van der Waals surface area contributed by atoms with Crippen LogP contribution in [0.3, 0.4) is 0 Å². The van der Waals surface area contributed by atoms with Crippen LogP contribution in [0.25, 0.3) is 0 Å². The van der Waals surface area contributed by atoms with Crippen molar-refractivity contribution in [3.8, 4) is 0 Å². The first-order chi connectivity index (χ1) is 6.27. The lowest BCUT2D eigenvalue weighted by atomic mass is 10.1. The number of urea groups is 1. The van der Waals surface area contributed by atoms with Crippen LogP contribution in [0, 0.1) is 0 Å². The highest BCUT2D eigenvalue weighted by molar-refractivity contribution is 5.72. The molecule has 0 spiro atoms. The van der Waals surface area contributed by atoms with Gasteiger partial charge in [0.15, 0.2) is 0 Å². The number of amides is 2. The van der Waals surface area contributed by atoms with Gasteiger partial charge in [0, 0.05) is 12.0 Å². The minimum atomic E-state index is -0.427. The van der Waals surface area contributed by atoms with Crippen molar-refractivity contribution in [2.24, 2.45) is 5.73 Å². The van der Waals surface area contributed by atoms with E-state index < -0.39 is 6.03 Å². The summed E-state index contributed by atoms with van der Waals surface area (Å²) < 4.78 is 0. The summed E-state index contributed by atoms with van der Waals surface area (Å²) in [6.07, 6.45) is 1.01. The first kappa shape index (κ1) is 8.10. The van der Waals surface area contributed by atoms with Gasteiger partial charge >= 0.3 is 6.03 Å². The van der Waals surface area contributed by atoms with Crippen LogP contribution in [0.4, 0.5) is 4.79 Å². The fourth-order valence-electron chi connectivity index (χ4n) is 1.61. The number of carbonyl (C=O) groups is 1. The summed E-state index contributed by atoms with van der Waals surface area (Å²) in [5, 5.41) is 2.70. The maximum absolute atomic E-state index is 10.5. The molecular weight excluding hydrogens is 164 g/mol. The topological polar surface area (TPSA) is 55.1 Å². The van der Waals surface area contributed by atoms with Gasteiger partial charge in [0.05, 0.1) is 0 Å². The zero-order chi connectivity index (χ0) is 9.26. The van der Waals surface area contributed by atoms with E-state index in [1.165, 1.54) is 5.56 Å². The summed E-state index contributed by atoms with van der Waals surface area (Å²) in [4.78, 5) is 10.5. The lowest BCUT2D eigenvalue weighted by molar-refractivity contribution is 0.248. The number of nitrogens with one attached hydrogen (secondary N) is 1. The number of hydrogen-bond acceptors (Lipinski definition) is 1. The summed E-state index contributed by atoms with van der Waals surface area (Å²) in [6.45, 7) is 0. The highest BCUT2D eigenvalue weighted by Crippen LogP contribution is 2.40. The molecule has 1 aromatic carbocycles. The maximum atomic E-state index is 10.5. The molecule has 2 atom stereocenters. The van der Waals surface area contributed by atoms with Gasteiger partial charge in [-0.2, -0.15) is 0 Å². The van der Waals surface area contributed by atoms with Crippen molar-refractivity contribution in [1.82, 2.24) is 5.32 Å². The molecule has 0 bridgehead atoms. The van der Waals surface area contributed by atoms with Gasteiger partial charge in [-0.1, -0.05) is 30.3 Å². The van der Waals surface area contributed by atoms with Gasteiger partial charge < -0.3 is 11.1 Å². The lowest BCUT2D eigenvalue weighted by Crippen LogP contribution is -2.31. The zero-order valence-electron chi connectivity index (χ0n) is 7.23. The van der Waals surface area contributed by atoms with E-state index in [2.05, 4.69) is 17.4 Å². The smallest absolute Gasteiger partial charge is 0.312 e. The molecule has 0 radical (unpaired) electrons. The van der Waals surface area contributed by atoms with Crippen LogP contribution in [0.1, 0.15) is 17.9 Å². The molecule has 3 N–H and O–H groups in total. The molecule has 3 nitrogen and oxygen atoms in total. The normalized spacial score (nSPS) is 25.2. The molecule has 1 aliphatic rings. The number of rotatable bonds is 2. The van der Waals surface area contributed by atoms with Crippen LogP contribution in [0.15, 0.2) is 30.3 Å². The minimum absolute atomic E-state index is 0.250. The average molecular weight is 176 g/mol. The van der Waals surface area contributed by atoms with E-state index in [1.807, 2.05) is 18.2 Å². The van der Waals surface area contributed by atoms with Crippen molar-refractivity contribution in [2.75, 3.05) is 0 Å². The van der Waals surface area contributed by atoms with E-state index in [-0.39, 0.29) is 6.04 Å². The van der Waals surface area contributed by atoms with Gasteiger partial charge in [-0.25, -0.2) is 4.79 Å². The van der Waals surface area contributed by atoms with Crippen molar-refractivity contribution in [3.63, 3.8) is 0 Å². The van der Waals surface area contributed by atoms with Crippen LogP contribution in [0.5, 0.6) is 0 Å². The third kappa shape index (κ3) is 1.80. The molecule has 0 aliphatic heterocycles. The SMILES string of the molecule is NC(=O)N[C@H]1C[C@H]1c1ccccc1. The highest BCUT2D eigenvalue weighted by Gasteiger charge is 2.38. The number of benzene rings is 1. The predicted molar refractivity (Wildman–Crippen MR) is 50.3 cm³/mol. The van der Waals surface area contributed by atoms with E-state index in [0.717, 1.165) is 6.42 Å². The van der Waals surface area contributed by atoms with Crippen molar-refractivity contribution < 1.29 is 4.79 Å². The molecule has 0 heterocycles. The zero-order valence-corrected chi connectivity index (χ0v) is 7.23. The van der Waals surface area contributed by atoms with E-state index >= 15 is 0 Å². The third-order valence-corrected chi connectivity index (χ3v) is 2.35. The Labute approximate surface area is 76.9 Å². The Bertz CT molecular complexity index is 310. The fraction of sp³-hybridized carbons (Fsp3) is 0.300. The Morgan fingerprint density at radius 3 is 2.69 bits per heavy atom. The van der Waals surface area contributed by atoms with E-state index in [0.29, 0.717) is 5.92 Å². The standard InChI is InChI=1S/C10H12N2O/c11-10(13)12-9-6-8(9)7-4-2-1-3-5-7/h1-5,8-9H,6H2,(H3,11,12,13)/t8-,9-/m0/s1. The van der Waals surface area contributed by atoms with Gasteiger partial charge in [0.25, 0.3) is 0 Å². The lowest BCUT2D eigenvalue weighted by Gasteiger charge is -2.00. The van der Waals surface area contributed by atoms with Gasteiger partial charge in [-0.15, -0.1) is 0 Å². The van der Waals surface area contributed by atoms with E-state index in [1.54, 1.807) is 0 Å². The summed E-state index contributed by atoms with van der Waals surface area (Å²) >= 11 is 0. The molecule has 3 heteroatoms. The summed E-state index contributed by atoms with van der Waals surface area (Å²) in [5.74, 6) is 0.466. The molecule has 0 unspecified atom stereocenters. The molecule has 1 aliphatic carbocycles. The van der Waals surface area contributed by atoms with Gasteiger partial charge in [0.1, 0.15) is 0 Å². The van der Waals surface area contributed by atoms with Crippen LogP contribution in [0.2, 0.25) is 0 Å². The Morgan fingerprint density at radius 1 is 1.38 bits per heavy atom. The van der Waals surface area contributed by atoms with Gasteiger partial charge in [-0.05, 0) is 12.0 Å². The molecule has 2 amide bonds. The van der Waals surface area contributed by atoms with Crippen molar-refractivity contribution in [1.29, 1.82) is 0 Å². The van der Waals surface area contributed by atoms with Crippen LogP contribution < -0.4 is 11.1 Å². The Hall–Kier alpha value is -1.51. The molecule has 1 aromatic rings. The van der Waals surface area contributed by atoms with Crippen LogP contribution in [-0.4, -0.2) is 12.1 Å². The maximum Gasteiger partial charge on any atom is 0.312 e. The molecule has 2 rings (SSSR count). The molecule has 13 heavy (non-hydrogen) atoms. The second kappa shape index (κ2) is 3.09. The third-order valence-electron chi connectivity index (χ3n) is 2.35. The molecular formula is C10H12N2O.